The second-order valence-electron chi connectivity index (χ2n) is 7.64. The molecule has 18 heavy (non-hydrogen) atoms. The van der Waals surface area contributed by atoms with Crippen molar-refractivity contribution in [1.82, 2.24) is 0 Å². The van der Waals surface area contributed by atoms with Gasteiger partial charge in [-0.05, 0) is 36.9 Å². The molecular formula is C16H34OSi. The van der Waals surface area contributed by atoms with Crippen LogP contribution in [0.1, 0.15) is 72.1 Å². The van der Waals surface area contributed by atoms with Gasteiger partial charge in [0.2, 0.25) is 0 Å². The van der Waals surface area contributed by atoms with Gasteiger partial charge >= 0.3 is 0 Å². The minimum absolute atomic E-state index is 0.353. The highest BCUT2D eigenvalue weighted by molar-refractivity contribution is 6.74. The second kappa shape index (κ2) is 7.09. The molecule has 108 valence electrons. The molecule has 0 radical (unpaired) electrons. The predicted octanol–water partition coefficient (Wildman–Crippen LogP) is 5.76. The van der Waals surface area contributed by atoms with Crippen LogP contribution in [0.5, 0.6) is 0 Å². The fraction of sp³-hybridized carbons (Fsp3) is 1.00. The molecule has 1 rings (SSSR count). The van der Waals surface area contributed by atoms with Crippen molar-refractivity contribution in [1.29, 1.82) is 0 Å². The molecule has 2 heteroatoms. The van der Waals surface area contributed by atoms with Crippen molar-refractivity contribution in [3.8, 4) is 0 Å². The molecule has 0 aromatic carbocycles. The number of rotatable bonds is 3. The van der Waals surface area contributed by atoms with E-state index < -0.39 is 8.32 Å². The summed E-state index contributed by atoms with van der Waals surface area (Å²) in [5.74, 6) is 0.831. The minimum atomic E-state index is -1.53. The summed E-state index contributed by atoms with van der Waals surface area (Å²) >= 11 is 0. The van der Waals surface area contributed by atoms with Crippen LogP contribution in [0.3, 0.4) is 0 Å². The van der Waals surface area contributed by atoms with E-state index in [1.165, 1.54) is 51.4 Å². The zero-order chi connectivity index (χ0) is 13.6. The quantitative estimate of drug-likeness (QED) is 0.592. The van der Waals surface area contributed by atoms with Crippen molar-refractivity contribution in [2.75, 3.05) is 6.61 Å². The first-order valence-corrected chi connectivity index (χ1v) is 10.9. The Morgan fingerprint density at radius 2 is 1.33 bits per heavy atom. The summed E-state index contributed by atoms with van der Waals surface area (Å²) in [5.41, 5.74) is 0. The average Bonchev–Trinajstić information content (AvgIpc) is 2.38. The number of hydrogen-bond donors (Lipinski definition) is 0. The van der Waals surface area contributed by atoms with Gasteiger partial charge in [0.1, 0.15) is 0 Å². The third-order valence-corrected chi connectivity index (χ3v) is 9.46. The van der Waals surface area contributed by atoms with E-state index >= 15 is 0 Å². The molecule has 1 saturated carbocycles. The highest BCUT2D eigenvalue weighted by atomic mass is 28.4. The van der Waals surface area contributed by atoms with Gasteiger partial charge in [0.15, 0.2) is 8.32 Å². The molecule has 0 spiro atoms. The highest BCUT2D eigenvalue weighted by Gasteiger charge is 2.37. The molecule has 1 nitrogen and oxygen atoms in total. The maximum absolute atomic E-state index is 6.41. The monoisotopic (exact) mass is 270 g/mol. The molecule has 0 bridgehead atoms. The first-order valence-electron chi connectivity index (χ1n) is 7.97. The van der Waals surface area contributed by atoms with Crippen LogP contribution >= 0.6 is 0 Å². The Morgan fingerprint density at radius 1 is 0.889 bits per heavy atom. The van der Waals surface area contributed by atoms with E-state index in [0.29, 0.717) is 5.04 Å². The van der Waals surface area contributed by atoms with Gasteiger partial charge in [0.25, 0.3) is 0 Å². The van der Waals surface area contributed by atoms with Crippen LogP contribution in [-0.2, 0) is 4.43 Å². The summed E-state index contributed by atoms with van der Waals surface area (Å²) in [6, 6.07) is 0. The zero-order valence-electron chi connectivity index (χ0n) is 13.3. The SMILES string of the molecule is CC(C)(C)[Si](C)(C)OCC1CCCCCCCC1. The standard InChI is InChI=1S/C16H34OSi/c1-16(2,3)18(4,5)17-14-15-12-10-8-6-7-9-11-13-15/h15H,6-14H2,1-5H3. The Morgan fingerprint density at radius 3 is 1.78 bits per heavy atom. The maximum Gasteiger partial charge on any atom is 0.191 e. The van der Waals surface area contributed by atoms with Gasteiger partial charge in [-0.1, -0.05) is 59.3 Å². The topological polar surface area (TPSA) is 9.23 Å². The largest absolute Gasteiger partial charge is 0.417 e. The van der Waals surface area contributed by atoms with E-state index in [9.17, 15) is 0 Å². The van der Waals surface area contributed by atoms with Crippen molar-refractivity contribution in [3.63, 3.8) is 0 Å². The van der Waals surface area contributed by atoms with Crippen LogP contribution in [0.4, 0.5) is 0 Å². The lowest BCUT2D eigenvalue weighted by atomic mass is 9.98. The van der Waals surface area contributed by atoms with Gasteiger partial charge in [0.05, 0.1) is 0 Å². The maximum atomic E-state index is 6.41. The summed E-state index contributed by atoms with van der Waals surface area (Å²) in [6.45, 7) is 12.8. The van der Waals surface area contributed by atoms with Gasteiger partial charge in [0, 0.05) is 6.61 Å². The van der Waals surface area contributed by atoms with E-state index in [1.54, 1.807) is 0 Å². The first-order chi connectivity index (χ1) is 8.33. The van der Waals surface area contributed by atoms with Gasteiger partial charge in [-0.15, -0.1) is 0 Å². The van der Waals surface area contributed by atoms with Crippen LogP contribution < -0.4 is 0 Å². The summed E-state index contributed by atoms with van der Waals surface area (Å²) in [6.07, 6.45) is 11.4. The van der Waals surface area contributed by atoms with Crippen molar-refractivity contribution in [2.24, 2.45) is 5.92 Å². The molecule has 0 saturated heterocycles. The predicted molar refractivity (Wildman–Crippen MR) is 83.6 cm³/mol. The molecule has 0 heterocycles. The molecule has 0 aromatic rings. The zero-order valence-corrected chi connectivity index (χ0v) is 14.3. The summed E-state index contributed by atoms with van der Waals surface area (Å²) < 4.78 is 6.41. The third kappa shape index (κ3) is 5.44. The molecule has 0 amide bonds. The van der Waals surface area contributed by atoms with Crippen molar-refractivity contribution >= 4 is 8.32 Å². The van der Waals surface area contributed by atoms with Crippen LogP contribution in [-0.4, -0.2) is 14.9 Å². The second-order valence-corrected chi connectivity index (χ2v) is 12.4. The van der Waals surface area contributed by atoms with Crippen LogP contribution in [0, 0.1) is 5.92 Å². The fourth-order valence-electron chi connectivity index (χ4n) is 2.43. The lowest BCUT2D eigenvalue weighted by Crippen LogP contribution is -2.42. The van der Waals surface area contributed by atoms with E-state index in [2.05, 4.69) is 33.9 Å². The van der Waals surface area contributed by atoms with E-state index in [1.807, 2.05) is 0 Å². The Labute approximate surface area is 116 Å². The fourth-order valence-corrected chi connectivity index (χ4v) is 3.51. The van der Waals surface area contributed by atoms with Crippen LogP contribution in [0.25, 0.3) is 0 Å². The molecule has 0 aromatic heterocycles. The van der Waals surface area contributed by atoms with Gasteiger partial charge < -0.3 is 4.43 Å². The Kier molecular flexibility index (Phi) is 6.39. The molecule has 0 atom stereocenters. The van der Waals surface area contributed by atoms with Crippen molar-refractivity contribution in [2.45, 2.75) is 90.3 Å². The van der Waals surface area contributed by atoms with E-state index in [0.717, 1.165) is 12.5 Å². The average molecular weight is 271 g/mol. The van der Waals surface area contributed by atoms with Crippen LogP contribution in [0.15, 0.2) is 0 Å². The van der Waals surface area contributed by atoms with E-state index in [-0.39, 0.29) is 0 Å². The lowest BCUT2D eigenvalue weighted by molar-refractivity contribution is 0.209. The van der Waals surface area contributed by atoms with Crippen LogP contribution in [0.2, 0.25) is 18.1 Å². The first kappa shape index (κ1) is 16.2. The lowest BCUT2D eigenvalue weighted by Gasteiger charge is -2.37. The Hall–Kier alpha value is 0.177. The Balaban J connectivity index is 2.40. The molecule has 0 aliphatic heterocycles. The van der Waals surface area contributed by atoms with Gasteiger partial charge in [-0.25, -0.2) is 0 Å². The molecular weight excluding hydrogens is 236 g/mol. The van der Waals surface area contributed by atoms with Gasteiger partial charge in [-0.2, -0.15) is 0 Å². The smallest absolute Gasteiger partial charge is 0.191 e. The molecule has 0 unspecified atom stereocenters. The van der Waals surface area contributed by atoms with Crippen molar-refractivity contribution in [3.05, 3.63) is 0 Å². The highest BCUT2D eigenvalue weighted by Crippen LogP contribution is 2.37. The molecule has 1 aliphatic carbocycles. The molecule has 0 N–H and O–H groups in total. The van der Waals surface area contributed by atoms with E-state index in [4.69, 9.17) is 4.43 Å². The molecule has 1 fully saturated rings. The summed E-state index contributed by atoms with van der Waals surface area (Å²) in [5, 5.41) is 0.353. The summed E-state index contributed by atoms with van der Waals surface area (Å²) in [4.78, 5) is 0. The normalized spacial score (nSPS) is 21.2. The third-order valence-electron chi connectivity index (χ3n) is 4.96. The van der Waals surface area contributed by atoms with Gasteiger partial charge in [-0.3, -0.25) is 0 Å². The minimum Gasteiger partial charge on any atom is -0.417 e. The summed E-state index contributed by atoms with van der Waals surface area (Å²) in [7, 11) is -1.53. The number of hydrogen-bond acceptors (Lipinski definition) is 1. The Bertz CT molecular complexity index is 220. The van der Waals surface area contributed by atoms with Crippen molar-refractivity contribution < 1.29 is 4.43 Å². The molecule has 1 aliphatic rings.